The predicted octanol–water partition coefficient (Wildman–Crippen LogP) is 2.45. The maximum Gasteiger partial charge on any atom is 0.0854 e. The van der Waals surface area contributed by atoms with Gasteiger partial charge in [-0.1, -0.05) is 18.6 Å². The molecule has 2 unspecified atom stereocenters. The van der Waals surface area contributed by atoms with Gasteiger partial charge < -0.3 is 10.1 Å². The maximum absolute atomic E-state index is 5.81. The van der Waals surface area contributed by atoms with Crippen LogP contribution in [0.3, 0.4) is 0 Å². The van der Waals surface area contributed by atoms with Crippen LogP contribution in [0.25, 0.3) is 0 Å². The quantitative estimate of drug-likeness (QED) is 0.732. The van der Waals surface area contributed by atoms with Gasteiger partial charge in [0.05, 0.1) is 18.8 Å². The fraction of sp³-hybridized carbons (Fsp3) is 0.833. The average molecular weight is 229 g/mol. The Morgan fingerprint density at radius 1 is 1.60 bits per heavy atom. The molecule has 0 aromatic carbocycles. The number of rotatable bonds is 5. The Kier molecular flexibility index (Phi) is 6.37. The molecule has 0 amide bonds. The van der Waals surface area contributed by atoms with Crippen LogP contribution >= 0.6 is 11.8 Å². The molecule has 3 heteroatoms. The van der Waals surface area contributed by atoms with E-state index in [1.807, 2.05) is 11.8 Å². The summed E-state index contributed by atoms with van der Waals surface area (Å²) in [6, 6.07) is 0.391. The molecule has 15 heavy (non-hydrogen) atoms. The van der Waals surface area contributed by atoms with Gasteiger partial charge in [0.25, 0.3) is 0 Å². The van der Waals surface area contributed by atoms with Gasteiger partial charge in [-0.25, -0.2) is 0 Å². The zero-order valence-electron chi connectivity index (χ0n) is 10.1. The molecule has 0 aromatic rings. The molecule has 1 aliphatic rings. The SMILES string of the molecule is CCCNC(C=C(C)C)C1CSCCO1. The van der Waals surface area contributed by atoms with E-state index in [0.29, 0.717) is 12.1 Å². The van der Waals surface area contributed by atoms with E-state index in [2.05, 4.69) is 32.2 Å². The normalized spacial score (nSPS) is 23.5. The van der Waals surface area contributed by atoms with E-state index in [0.717, 1.165) is 24.7 Å². The van der Waals surface area contributed by atoms with Crippen molar-refractivity contribution < 1.29 is 4.74 Å². The summed E-state index contributed by atoms with van der Waals surface area (Å²) in [4.78, 5) is 0. The van der Waals surface area contributed by atoms with Crippen LogP contribution in [0.1, 0.15) is 27.2 Å². The molecule has 0 spiro atoms. The topological polar surface area (TPSA) is 21.3 Å². The molecule has 1 rings (SSSR count). The van der Waals surface area contributed by atoms with Gasteiger partial charge >= 0.3 is 0 Å². The van der Waals surface area contributed by atoms with Crippen molar-refractivity contribution in [1.82, 2.24) is 5.32 Å². The Morgan fingerprint density at radius 3 is 2.93 bits per heavy atom. The summed E-state index contributed by atoms with van der Waals surface area (Å²) in [6.45, 7) is 8.46. The Labute approximate surface area is 97.8 Å². The summed E-state index contributed by atoms with van der Waals surface area (Å²) >= 11 is 2.00. The van der Waals surface area contributed by atoms with Crippen LogP contribution in [-0.2, 0) is 4.74 Å². The van der Waals surface area contributed by atoms with Crippen molar-refractivity contribution >= 4 is 11.8 Å². The van der Waals surface area contributed by atoms with E-state index in [-0.39, 0.29) is 0 Å². The second-order valence-electron chi connectivity index (χ2n) is 4.21. The van der Waals surface area contributed by atoms with Gasteiger partial charge in [0, 0.05) is 11.5 Å². The highest BCUT2D eigenvalue weighted by Gasteiger charge is 2.22. The first kappa shape index (κ1) is 13.1. The third-order valence-electron chi connectivity index (χ3n) is 2.39. The minimum atomic E-state index is 0.352. The van der Waals surface area contributed by atoms with Crippen LogP contribution < -0.4 is 5.32 Å². The fourth-order valence-corrected chi connectivity index (χ4v) is 2.60. The Balaban J connectivity index is 2.49. The van der Waals surface area contributed by atoms with Crippen molar-refractivity contribution in [2.45, 2.75) is 39.3 Å². The summed E-state index contributed by atoms with van der Waals surface area (Å²) in [5, 5.41) is 3.56. The van der Waals surface area contributed by atoms with Crippen molar-refractivity contribution in [3.8, 4) is 0 Å². The fourth-order valence-electron chi connectivity index (χ4n) is 1.68. The number of ether oxygens (including phenoxy) is 1. The lowest BCUT2D eigenvalue weighted by Gasteiger charge is -2.29. The predicted molar refractivity (Wildman–Crippen MR) is 68.6 cm³/mol. The largest absolute Gasteiger partial charge is 0.375 e. The minimum absolute atomic E-state index is 0.352. The van der Waals surface area contributed by atoms with Gasteiger partial charge in [0.2, 0.25) is 0 Å². The van der Waals surface area contributed by atoms with Crippen LogP contribution in [0.2, 0.25) is 0 Å². The Hall–Kier alpha value is 0.01000. The summed E-state index contributed by atoms with van der Waals surface area (Å²) < 4.78 is 5.81. The van der Waals surface area contributed by atoms with E-state index in [9.17, 15) is 0 Å². The van der Waals surface area contributed by atoms with Crippen molar-refractivity contribution in [2.24, 2.45) is 0 Å². The third-order valence-corrected chi connectivity index (χ3v) is 3.40. The first-order valence-corrected chi connectivity index (χ1v) is 6.97. The van der Waals surface area contributed by atoms with Gasteiger partial charge in [-0.15, -0.1) is 0 Å². The monoisotopic (exact) mass is 229 g/mol. The van der Waals surface area contributed by atoms with Gasteiger partial charge in [0.1, 0.15) is 0 Å². The van der Waals surface area contributed by atoms with Crippen LogP contribution in [0.15, 0.2) is 11.6 Å². The maximum atomic E-state index is 5.81. The van der Waals surface area contributed by atoms with Crippen molar-refractivity contribution in [3.05, 3.63) is 11.6 Å². The van der Waals surface area contributed by atoms with E-state index in [4.69, 9.17) is 4.74 Å². The summed E-state index contributed by atoms with van der Waals surface area (Å²) in [7, 11) is 0. The van der Waals surface area contributed by atoms with E-state index >= 15 is 0 Å². The van der Waals surface area contributed by atoms with Crippen LogP contribution in [0.4, 0.5) is 0 Å². The van der Waals surface area contributed by atoms with E-state index in [1.54, 1.807) is 0 Å². The summed E-state index contributed by atoms with van der Waals surface area (Å²) in [5.74, 6) is 2.26. The molecule has 2 nitrogen and oxygen atoms in total. The van der Waals surface area contributed by atoms with Gasteiger partial charge in [-0.05, 0) is 26.8 Å². The molecule has 1 fully saturated rings. The number of thioether (sulfide) groups is 1. The minimum Gasteiger partial charge on any atom is -0.375 e. The molecule has 1 N–H and O–H groups in total. The van der Waals surface area contributed by atoms with Crippen LogP contribution in [0, 0.1) is 0 Å². The molecule has 88 valence electrons. The van der Waals surface area contributed by atoms with Gasteiger partial charge in [-0.3, -0.25) is 0 Å². The molecule has 0 radical (unpaired) electrons. The highest BCUT2D eigenvalue weighted by Crippen LogP contribution is 2.17. The first-order chi connectivity index (χ1) is 7.24. The van der Waals surface area contributed by atoms with E-state index in [1.165, 1.54) is 12.0 Å². The van der Waals surface area contributed by atoms with Crippen LogP contribution in [-0.4, -0.2) is 36.8 Å². The van der Waals surface area contributed by atoms with Crippen LogP contribution in [0.5, 0.6) is 0 Å². The highest BCUT2D eigenvalue weighted by atomic mass is 32.2. The number of hydrogen-bond donors (Lipinski definition) is 1. The zero-order chi connectivity index (χ0) is 11.1. The molecule has 2 atom stereocenters. The van der Waals surface area contributed by atoms with Crippen molar-refractivity contribution in [2.75, 3.05) is 24.7 Å². The van der Waals surface area contributed by atoms with Crippen molar-refractivity contribution in [1.29, 1.82) is 0 Å². The molecule has 0 aliphatic carbocycles. The smallest absolute Gasteiger partial charge is 0.0854 e. The molecule has 0 bridgehead atoms. The lowest BCUT2D eigenvalue weighted by atomic mass is 10.1. The Morgan fingerprint density at radius 2 is 2.40 bits per heavy atom. The number of nitrogens with one attached hydrogen (secondary N) is 1. The molecule has 0 aromatic heterocycles. The molecule has 1 saturated heterocycles. The lowest BCUT2D eigenvalue weighted by Crippen LogP contribution is -2.44. The average Bonchev–Trinajstić information content (AvgIpc) is 2.25. The second kappa shape index (κ2) is 7.31. The third kappa shape index (κ3) is 5.05. The zero-order valence-corrected chi connectivity index (χ0v) is 10.9. The number of allylic oxidation sites excluding steroid dienone is 1. The lowest BCUT2D eigenvalue weighted by molar-refractivity contribution is 0.0586. The summed E-state index contributed by atoms with van der Waals surface area (Å²) in [6.07, 6.45) is 3.82. The molecule has 1 aliphatic heterocycles. The number of hydrogen-bond acceptors (Lipinski definition) is 3. The van der Waals surface area contributed by atoms with Crippen molar-refractivity contribution in [3.63, 3.8) is 0 Å². The Bertz CT molecular complexity index is 196. The highest BCUT2D eigenvalue weighted by molar-refractivity contribution is 7.99. The van der Waals surface area contributed by atoms with Gasteiger partial charge in [0.15, 0.2) is 0 Å². The second-order valence-corrected chi connectivity index (χ2v) is 5.36. The summed E-state index contributed by atoms with van der Waals surface area (Å²) in [5.41, 5.74) is 1.36. The van der Waals surface area contributed by atoms with E-state index < -0.39 is 0 Å². The molecule has 1 heterocycles. The van der Waals surface area contributed by atoms with Gasteiger partial charge in [-0.2, -0.15) is 11.8 Å². The molecule has 0 saturated carbocycles. The molecular weight excluding hydrogens is 206 g/mol. The molecular formula is C12H23NOS. The first-order valence-electron chi connectivity index (χ1n) is 5.81. The standard InChI is InChI=1S/C12H23NOS/c1-4-5-13-11(8-10(2)3)12-9-15-7-6-14-12/h8,11-13H,4-7,9H2,1-3H3.